The Hall–Kier alpha value is -2.81. The van der Waals surface area contributed by atoms with E-state index in [1.54, 1.807) is 14.1 Å². The van der Waals surface area contributed by atoms with Crippen LogP contribution < -0.4 is 15.2 Å². The molecule has 1 aliphatic heterocycles. The van der Waals surface area contributed by atoms with Crippen LogP contribution in [-0.4, -0.2) is 44.1 Å². The maximum atomic E-state index is 13.2. The van der Waals surface area contributed by atoms with Gasteiger partial charge in [0, 0.05) is 13.1 Å². The van der Waals surface area contributed by atoms with Crippen molar-refractivity contribution in [1.29, 1.82) is 0 Å². The van der Waals surface area contributed by atoms with E-state index in [1.807, 2.05) is 45.9 Å². The lowest BCUT2D eigenvalue weighted by molar-refractivity contribution is -0.116. The van der Waals surface area contributed by atoms with Gasteiger partial charge >= 0.3 is 0 Å². The molecule has 31 heavy (non-hydrogen) atoms. The van der Waals surface area contributed by atoms with Gasteiger partial charge in [-0.15, -0.1) is 0 Å². The molecule has 0 radical (unpaired) electrons. The van der Waals surface area contributed by atoms with E-state index in [-0.39, 0.29) is 17.2 Å². The molecule has 0 unspecified atom stereocenters. The van der Waals surface area contributed by atoms with Crippen LogP contribution in [0.2, 0.25) is 0 Å². The third kappa shape index (κ3) is 3.94. The second kappa shape index (κ2) is 8.74. The number of nitrogens with zero attached hydrogens (tertiary/aromatic N) is 5. The zero-order valence-corrected chi connectivity index (χ0v) is 19.2. The van der Waals surface area contributed by atoms with Gasteiger partial charge in [0.2, 0.25) is 5.91 Å². The summed E-state index contributed by atoms with van der Waals surface area (Å²) in [7, 11) is 0. The second-order valence-corrected chi connectivity index (χ2v) is 8.55. The minimum atomic E-state index is -0.100. The molecule has 164 valence electrons. The smallest absolute Gasteiger partial charge is 0.280 e. The number of aromatic nitrogens is 4. The number of ether oxygens (including phenoxy) is 1. The van der Waals surface area contributed by atoms with Crippen molar-refractivity contribution < 1.29 is 9.53 Å². The molecule has 3 aromatic rings. The zero-order valence-electron chi connectivity index (χ0n) is 18.3. The SMILES string of the molecule is CCCn1c(SCC(=O)N2CCOc3ccc(C)cc32)nc2c(C)nn(CC)c2c1=O. The molecule has 1 amide bonds. The third-order valence-electron chi connectivity index (χ3n) is 5.33. The standard InChI is InChI=1S/C22H27N5O3S/c1-5-9-26-21(29)20-19(15(4)24-27(20)6-2)23-22(26)31-13-18(28)25-10-11-30-17-8-7-14(3)12-16(17)25/h7-8,12H,5-6,9-11,13H2,1-4H3. The number of hydrogen-bond acceptors (Lipinski definition) is 6. The lowest BCUT2D eigenvalue weighted by atomic mass is 10.1. The lowest BCUT2D eigenvalue weighted by Gasteiger charge is -2.29. The number of carbonyl (C=O) groups excluding carboxylic acids is 1. The third-order valence-corrected chi connectivity index (χ3v) is 6.29. The van der Waals surface area contributed by atoms with Gasteiger partial charge in [0.1, 0.15) is 17.9 Å². The molecule has 4 rings (SSSR count). The van der Waals surface area contributed by atoms with Crippen molar-refractivity contribution in [2.75, 3.05) is 23.8 Å². The molecule has 0 fully saturated rings. The van der Waals surface area contributed by atoms with Gasteiger partial charge in [0.15, 0.2) is 10.7 Å². The van der Waals surface area contributed by atoms with Gasteiger partial charge in [-0.3, -0.25) is 18.8 Å². The maximum absolute atomic E-state index is 13.2. The van der Waals surface area contributed by atoms with E-state index in [2.05, 4.69) is 5.10 Å². The average Bonchev–Trinajstić information content (AvgIpc) is 3.09. The highest BCUT2D eigenvalue weighted by atomic mass is 32.2. The molecule has 9 heteroatoms. The first-order valence-electron chi connectivity index (χ1n) is 10.6. The van der Waals surface area contributed by atoms with Crippen LogP contribution >= 0.6 is 11.8 Å². The van der Waals surface area contributed by atoms with Crippen LogP contribution in [0.25, 0.3) is 11.0 Å². The van der Waals surface area contributed by atoms with Gasteiger partial charge in [-0.25, -0.2) is 4.98 Å². The van der Waals surface area contributed by atoms with Gasteiger partial charge < -0.3 is 9.64 Å². The maximum Gasteiger partial charge on any atom is 0.280 e. The number of hydrogen-bond donors (Lipinski definition) is 0. The summed E-state index contributed by atoms with van der Waals surface area (Å²) in [5.74, 6) is 0.884. The van der Waals surface area contributed by atoms with Crippen molar-refractivity contribution >= 4 is 34.4 Å². The second-order valence-electron chi connectivity index (χ2n) is 7.60. The van der Waals surface area contributed by atoms with E-state index in [0.29, 0.717) is 42.4 Å². The number of amides is 1. The summed E-state index contributed by atoms with van der Waals surface area (Å²) in [6.07, 6.45) is 0.796. The highest BCUT2D eigenvalue weighted by Gasteiger charge is 2.25. The number of carbonyl (C=O) groups is 1. The van der Waals surface area contributed by atoms with Crippen molar-refractivity contribution in [3.05, 3.63) is 39.8 Å². The van der Waals surface area contributed by atoms with E-state index in [1.165, 1.54) is 11.8 Å². The Morgan fingerprint density at radius 2 is 2.06 bits per heavy atom. The van der Waals surface area contributed by atoms with E-state index >= 15 is 0 Å². The molecule has 1 aromatic carbocycles. The highest BCUT2D eigenvalue weighted by Crippen LogP contribution is 2.33. The quantitative estimate of drug-likeness (QED) is 0.432. The molecular formula is C22H27N5O3S. The molecule has 0 bridgehead atoms. The fraction of sp³-hybridized carbons (Fsp3) is 0.455. The van der Waals surface area contributed by atoms with Crippen molar-refractivity contribution in [1.82, 2.24) is 19.3 Å². The van der Waals surface area contributed by atoms with Crippen LogP contribution in [0.5, 0.6) is 5.75 Å². The Morgan fingerprint density at radius 1 is 1.26 bits per heavy atom. The predicted molar refractivity (Wildman–Crippen MR) is 122 cm³/mol. The Kier molecular flexibility index (Phi) is 6.04. The summed E-state index contributed by atoms with van der Waals surface area (Å²) in [5.41, 5.74) is 3.64. The molecule has 0 N–H and O–H groups in total. The summed E-state index contributed by atoms with van der Waals surface area (Å²) >= 11 is 1.30. The van der Waals surface area contributed by atoms with Gasteiger partial charge in [0.05, 0.1) is 23.7 Å². The normalized spacial score (nSPS) is 13.4. The monoisotopic (exact) mass is 441 g/mol. The molecule has 8 nitrogen and oxygen atoms in total. The van der Waals surface area contributed by atoms with Crippen LogP contribution in [0.1, 0.15) is 31.5 Å². The van der Waals surface area contributed by atoms with Crippen LogP contribution in [0, 0.1) is 13.8 Å². The number of anilines is 1. The summed E-state index contributed by atoms with van der Waals surface area (Å²) in [5, 5.41) is 5.02. The predicted octanol–water partition coefficient (Wildman–Crippen LogP) is 3.16. The number of benzene rings is 1. The van der Waals surface area contributed by atoms with Gasteiger partial charge in [-0.05, 0) is 44.9 Å². The number of fused-ring (bicyclic) bond motifs is 2. The molecule has 0 aliphatic carbocycles. The Bertz CT molecular complexity index is 1200. The average molecular weight is 442 g/mol. The molecule has 1 aliphatic rings. The number of aryl methyl sites for hydroxylation is 3. The molecule has 2 aromatic heterocycles. The van der Waals surface area contributed by atoms with Crippen molar-refractivity contribution in [3.63, 3.8) is 0 Å². The molecule has 0 saturated heterocycles. The molecular weight excluding hydrogens is 414 g/mol. The summed E-state index contributed by atoms with van der Waals surface area (Å²) in [6.45, 7) is 9.95. The topological polar surface area (TPSA) is 82.2 Å². The number of rotatable bonds is 6. The Labute approximate surface area is 185 Å². The molecule has 0 atom stereocenters. The lowest BCUT2D eigenvalue weighted by Crippen LogP contribution is -2.39. The number of thioether (sulfide) groups is 1. The molecule has 3 heterocycles. The molecule has 0 spiro atoms. The van der Waals surface area contributed by atoms with Crippen molar-refractivity contribution in [2.24, 2.45) is 0 Å². The van der Waals surface area contributed by atoms with Crippen LogP contribution in [0.4, 0.5) is 5.69 Å². The van der Waals surface area contributed by atoms with E-state index in [4.69, 9.17) is 9.72 Å². The van der Waals surface area contributed by atoms with Crippen molar-refractivity contribution in [2.45, 2.75) is 52.4 Å². The van der Waals surface area contributed by atoms with E-state index in [0.717, 1.165) is 29.1 Å². The van der Waals surface area contributed by atoms with Crippen LogP contribution in [0.15, 0.2) is 28.2 Å². The molecule has 0 saturated carbocycles. The Balaban J connectivity index is 1.64. The fourth-order valence-electron chi connectivity index (χ4n) is 3.84. The first-order chi connectivity index (χ1) is 14.9. The largest absolute Gasteiger partial charge is 0.490 e. The van der Waals surface area contributed by atoms with Crippen LogP contribution in [-0.2, 0) is 17.9 Å². The Morgan fingerprint density at radius 3 is 2.81 bits per heavy atom. The van der Waals surface area contributed by atoms with E-state index in [9.17, 15) is 9.59 Å². The van der Waals surface area contributed by atoms with Gasteiger partial charge in [-0.2, -0.15) is 5.10 Å². The van der Waals surface area contributed by atoms with Gasteiger partial charge in [-0.1, -0.05) is 24.8 Å². The van der Waals surface area contributed by atoms with E-state index < -0.39 is 0 Å². The highest BCUT2D eigenvalue weighted by molar-refractivity contribution is 7.99. The first kappa shape index (κ1) is 21.4. The summed E-state index contributed by atoms with van der Waals surface area (Å²) in [4.78, 5) is 32.8. The summed E-state index contributed by atoms with van der Waals surface area (Å²) < 4.78 is 9.07. The zero-order chi connectivity index (χ0) is 22.1. The van der Waals surface area contributed by atoms with Crippen molar-refractivity contribution in [3.8, 4) is 5.75 Å². The van der Waals surface area contributed by atoms with Gasteiger partial charge in [0.25, 0.3) is 5.56 Å². The van der Waals surface area contributed by atoms with Crippen LogP contribution in [0.3, 0.4) is 0 Å². The summed E-state index contributed by atoms with van der Waals surface area (Å²) in [6, 6.07) is 5.85. The minimum Gasteiger partial charge on any atom is -0.490 e. The fourth-order valence-corrected chi connectivity index (χ4v) is 4.73. The first-order valence-corrected chi connectivity index (χ1v) is 11.6. The minimum absolute atomic E-state index is 0.0291.